The number of allylic oxidation sites excluding steroid dienone is 1. The minimum absolute atomic E-state index is 0.465. The number of nitrogens with one attached hydrogen (secondary N) is 3. The molecule has 0 radical (unpaired) electrons. The molecular weight excluding hydrogens is 284 g/mol. The molecule has 0 aromatic heterocycles. The lowest BCUT2D eigenvalue weighted by Crippen LogP contribution is -2.38. The van der Waals surface area contributed by atoms with Gasteiger partial charge >= 0.3 is 0 Å². The standard InChI is InChI=1S/C14H24N6S/c1-15-10-21-14(20-16-2)18-12-7-5-11(6-8-12)13-4-3-9-17-19-13/h3-4,11-12,15,17H,2,5-10H2,1H3,(H,18,20). The van der Waals surface area contributed by atoms with Crippen LogP contribution in [0.4, 0.5) is 0 Å². The second kappa shape index (κ2) is 8.84. The quantitative estimate of drug-likeness (QED) is 0.312. The summed E-state index contributed by atoms with van der Waals surface area (Å²) in [5.74, 6) is 1.39. The third-order valence-corrected chi connectivity index (χ3v) is 4.60. The molecule has 0 spiro atoms. The van der Waals surface area contributed by atoms with E-state index in [0.29, 0.717) is 12.0 Å². The Balaban J connectivity index is 1.80. The van der Waals surface area contributed by atoms with E-state index in [1.54, 1.807) is 11.8 Å². The monoisotopic (exact) mass is 308 g/mol. The topological polar surface area (TPSA) is 73.2 Å². The van der Waals surface area contributed by atoms with Crippen LogP contribution < -0.4 is 16.1 Å². The number of rotatable bonds is 5. The summed E-state index contributed by atoms with van der Waals surface area (Å²) in [6.45, 7) is 4.28. The molecule has 0 saturated heterocycles. The van der Waals surface area contributed by atoms with Gasteiger partial charge < -0.3 is 16.1 Å². The Morgan fingerprint density at radius 3 is 2.90 bits per heavy atom. The van der Waals surface area contributed by atoms with Crippen LogP contribution in [0.15, 0.2) is 27.5 Å². The number of hydrogen-bond acceptors (Lipinski definition) is 6. The summed E-state index contributed by atoms with van der Waals surface area (Å²) in [7, 11) is 1.92. The Morgan fingerprint density at radius 2 is 2.29 bits per heavy atom. The van der Waals surface area contributed by atoms with Crippen LogP contribution in [0.1, 0.15) is 25.7 Å². The highest BCUT2D eigenvalue weighted by Crippen LogP contribution is 2.26. The lowest BCUT2D eigenvalue weighted by atomic mass is 9.83. The van der Waals surface area contributed by atoms with E-state index >= 15 is 0 Å². The number of hydrogen-bond donors (Lipinski definition) is 3. The van der Waals surface area contributed by atoms with Gasteiger partial charge in [0, 0.05) is 24.6 Å². The highest BCUT2D eigenvalue weighted by atomic mass is 32.2. The van der Waals surface area contributed by atoms with Gasteiger partial charge in [0.2, 0.25) is 0 Å². The van der Waals surface area contributed by atoms with Crippen molar-refractivity contribution in [2.24, 2.45) is 21.2 Å². The molecule has 0 aromatic rings. The van der Waals surface area contributed by atoms with Crippen molar-refractivity contribution in [2.45, 2.75) is 31.7 Å². The average molecular weight is 308 g/mol. The van der Waals surface area contributed by atoms with Crippen LogP contribution >= 0.6 is 11.8 Å². The molecule has 7 heteroatoms. The summed E-state index contributed by atoms with van der Waals surface area (Å²) < 4.78 is 0. The minimum Gasteiger partial charge on any atom is -0.360 e. The third kappa shape index (κ3) is 5.17. The summed E-state index contributed by atoms with van der Waals surface area (Å²) in [5.41, 5.74) is 4.25. The molecule has 6 nitrogen and oxygen atoms in total. The Morgan fingerprint density at radius 1 is 1.48 bits per heavy atom. The molecule has 0 aromatic carbocycles. The van der Waals surface area contributed by atoms with E-state index in [4.69, 9.17) is 0 Å². The lowest BCUT2D eigenvalue weighted by molar-refractivity contribution is 0.370. The van der Waals surface area contributed by atoms with Crippen molar-refractivity contribution in [3.63, 3.8) is 0 Å². The Kier molecular flexibility index (Phi) is 6.75. The Hall–Kier alpha value is -1.34. The van der Waals surface area contributed by atoms with Gasteiger partial charge in [0.05, 0.1) is 12.3 Å². The van der Waals surface area contributed by atoms with Crippen molar-refractivity contribution in [2.75, 3.05) is 19.5 Å². The first-order chi connectivity index (χ1) is 10.3. The fourth-order valence-electron chi connectivity index (χ4n) is 2.65. The molecule has 3 N–H and O–H groups in total. The van der Waals surface area contributed by atoms with Gasteiger partial charge in [-0.05, 0) is 38.8 Å². The summed E-state index contributed by atoms with van der Waals surface area (Å²) in [6.07, 6.45) is 8.89. The zero-order valence-electron chi connectivity index (χ0n) is 12.5. The molecule has 1 heterocycles. The van der Waals surface area contributed by atoms with Crippen molar-refractivity contribution in [3.05, 3.63) is 12.2 Å². The zero-order valence-corrected chi connectivity index (χ0v) is 13.3. The van der Waals surface area contributed by atoms with Crippen molar-refractivity contribution in [1.29, 1.82) is 0 Å². The molecule has 116 valence electrons. The molecule has 1 saturated carbocycles. The predicted octanol–water partition coefficient (Wildman–Crippen LogP) is 1.53. The molecule has 1 fully saturated rings. The van der Waals surface area contributed by atoms with Gasteiger partial charge in [-0.15, -0.1) is 5.10 Å². The Labute approximate surface area is 130 Å². The molecule has 2 aliphatic rings. The first-order valence-corrected chi connectivity index (χ1v) is 8.36. The van der Waals surface area contributed by atoms with Gasteiger partial charge in [-0.3, -0.25) is 0 Å². The second-order valence-electron chi connectivity index (χ2n) is 5.18. The van der Waals surface area contributed by atoms with E-state index in [1.807, 2.05) is 7.05 Å². The van der Waals surface area contributed by atoms with Crippen molar-refractivity contribution >= 4 is 29.4 Å². The molecule has 21 heavy (non-hydrogen) atoms. The second-order valence-corrected chi connectivity index (χ2v) is 6.15. The van der Waals surface area contributed by atoms with Crippen LogP contribution in [0.5, 0.6) is 0 Å². The largest absolute Gasteiger partial charge is 0.360 e. The summed E-state index contributed by atoms with van der Waals surface area (Å²) in [5, 5.41) is 19.5. The van der Waals surface area contributed by atoms with E-state index in [9.17, 15) is 0 Å². The molecule has 1 aliphatic carbocycles. The van der Waals surface area contributed by atoms with Crippen molar-refractivity contribution in [3.8, 4) is 0 Å². The molecule has 2 rings (SSSR count). The summed E-state index contributed by atoms with van der Waals surface area (Å²) in [6, 6.07) is 0.465. The van der Waals surface area contributed by atoms with Crippen molar-refractivity contribution in [1.82, 2.24) is 16.1 Å². The number of thioether (sulfide) groups is 1. The molecular formula is C14H24N6S. The smallest absolute Gasteiger partial charge is 0.184 e. The van der Waals surface area contributed by atoms with Gasteiger partial charge in [-0.2, -0.15) is 10.2 Å². The summed E-state index contributed by atoms with van der Waals surface area (Å²) >= 11 is 1.62. The zero-order chi connectivity index (χ0) is 14.9. The van der Waals surface area contributed by atoms with Crippen LogP contribution in [0.25, 0.3) is 0 Å². The SMILES string of the molecule is C=N/N=C(/NC1CCC(C2=NNCC=C2)CC1)SCNC. The first kappa shape index (κ1) is 16.0. The van der Waals surface area contributed by atoms with Gasteiger partial charge in [0.25, 0.3) is 0 Å². The molecule has 0 atom stereocenters. The van der Waals surface area contributed by atoms with Gasteiger partial charge in [-0.1, -0.05) is 17.8 Å². The van der Waals surface area contributed by atoms with E-state index in [-0.39, 0.29) is 0 Å². The van der Waals surface area contributed by atoms with E-state index in [2.05, 4.69) is 50.2 Å². The minimum atomic E-state index is 0.465. The summed E-state index contributed by atoms with van der Waals surface area (Å²) in [4.78, 5) is 0. The highest BCUT2D eigenvalue weighted by molar-refractivity contribution is 8.13. The Bertz CT molecular complexity index is 423. The van der Waals surface area contributed by atoms with Crippen LogP contribution in [0.2, 0.25) is 0 Å². The molecule has 1 aliphatic heterocycles. The van der Waals surface area contributed by atoms with E-state index < -0.39 is 0 Å². The molecule has 0 unspecified atom stereocenters. The van der Waals surface area contributed by atoms with Gasteiger partial charge in [0.1, 0.15) is 0 Å². The molecule has 0 amide bonds. The lowest BCUT2D eigenvalue weighted by Gasteiger charge is -2.30. The van der Waals surface area contributed by atoms with Crippen LogP contribution in [-0.2, 0) is 0 Å². The third-order valence-electron chi connectivity index (χ3n) is 3.69. The van der Waals surface area contributed by atoms with Crippen molar-refractivity contribution < 1.29 is 0 Å². The maximum absolute atomic E-state index is 4.41. The average Bonchev–Trinajstić information content (AvgIpc) is 2.54. The normalized spacial score (nSPS) is 26.0. The highest BCUT2D eigenvalue weighted by Gasteiger charge is 2.25. The predicted molar refractivity (Wildman–Crippen MR) is 92.0 cm³/mol. The first-order valence-electron chi connectivity index (χ1n) is 7.38. The van der Waals surface area contributed by atoms with Crippen LogP contribution in [-0.4, -0.2) is 43.1 Å². The fraction of sp³-hybridized carbons (Fsp3) is 0.643. The van der Waals surface area contributed by atoms with Crippen LogP contribution in [0, 0.1) is 5.92 Å². The number of nitrogens with zero attached hydrogens (tertiary/aromatic N) is 3. The molecule has 0 bridgehead atoms. The van der Waals surface area contributed by atoms with Gasteiger partial charge in [-0.25, -0.2) is 0 Å². The number of hydrazone groups is 1. The van der Waals surface area contributed by atoms with E-state index in [1.165, 1.54) is 5.71 Å². The van der Waals surface area contributed by atoms with Gasteiger partial charge in [0.15, 0.2) is 5.17 Å². The van der Waals surface area contributed by atoms with E-state index in [0.717, 1.165) is 43.3 Å². The maximum atomic E-state index is 4.41. The fourth-order valence-corrected chi connectivity index (χ4v) is 3.29. The maximum Gasteiger partial charge on any atom is 0.184 e. The van der Waals surface area contributed by atoms with Crippen LogP contribution in [0.3, 0.4) is 0 Å². The number of amidine groups is 1.